The molecule has 0 spiro atoms. The molecule has 0 saturated carbocycles. The molecule has 3 aromatic rings. The first-order chi connectivity index (χ1) is 14.9. The highest BCUT2D eigenvalue weighted by Gasteiger charge is 2.35. The van der Waals surface area contributed by atoms with E-state index in [1.807, 2.05) is 49.4 Å². The van der Waals surface area contributed by atoms with Gasteiger partial charge in [0.2, 0.25) is 5.91 Å². The van der Waals surface area contributed by atoms with E-state index >= 15 is 0 Å². The number of hydrogen-bond donors (Lipinski definition) is 0. The van der Waals surface area contributed by atoms with Gasteiger partial charge in [0.15, 0.2) is 0 Å². The van der Waals surface area contributed by atoms with Gasteiger partial charge in [-0.25, -0.2) is 8.42 Å². The van der Waals surface area contributed by atoms with E-state index in [0.29, 0.717) is 42.4 Å². The average Bonchev–Trinajstić information content (AvgIpc) is 3.46. The monoisotopic (exact) mass is 458 g/mol. The zero-order valence-corrected chi connectivity index (χ0v) is 19.1. The second-order valence-corrected chi connectivity index (χ2v) is 11.3. The summed E-state index contributed by atoms with van der Waals surface area (Å²) in [4.78, 5) is 16.2. The number of aryl methyl sites for hydroxylation is 1. The van der Waals surface area contributed by atoms with Crippen LogP contribution in [0.2, 0.25) is 0 Å². The van der Waals surface area contributed by atoms with Gasteiger partial charge in [0.25, 0.3) is 10.0 Å². The number of carbonyl (C=O) groups is 1. The maximum absolute atomic E-state index is 13.5. The topological polar surface area (TPSA) is 70.8 Å². The van der Waals surface area contributed by atoms with Crippen LogP contribution in [-0.2, 0) is 27.9 Å². The zero-order valence-electron chi connectivity index (χ0n) is 17.4. The Labute approximate surface area is 187 Å². The van der Waals surface area contributed by atoms with E-state index in [9.17, 15) is 13.2 Å². The molecule has 1 aromatic carbocycles. The summed E-state index contributed by atoms with van der Waals surface area (Å²) >= 11 is 1.27. The molecule has 4 rings (SSSR count). The van der Waals surface area contributed by atoms with Gasteiger partial charge in [0, 0.05) is 24.5 Å². The third kappa shape index (κ3) is 5.08. The van der Waals surface area contributed by atoms with Crippen molar-refractivity contribution in [1.82, 2.24) is 9.21 Å². The van der Waals surface area contributed by atoms with Crippen LogP contribution >= 0.6 is 11.3 Å². The van der Waals surface area contributed by atoms with E-state index in [1.165, 1.54) is 15.6 Å². The molecule has 31 heavy (non-hydrogen) atoms. The summed E-state index contributed by atoms with van der Waals surface area (Å²) < 4.78 is 33.5. The Morgan fingerprint density at radius 1 is 1.13 bits per heavy atom. The van der Waals surface area contributed by atoms with Gasteiger partial charge in [-0.3, -0.25) is 4.79 Å². The molecular weight excluding hydrogens is 432 g/mol. The fourth-order valence-electron chi connectivity index (χ4n) is 3.90. The first kappa shape index (κ1) is 21.8. The fraction of sp³-hybridized carbons (Fsp3) is 0.348. The van der Waals surface area contributed by atoms with Gasteiger partial charge in [-0.05, 0) is 49.6 Å². The Bertz CT molecular complexity index is 1110. The molecule has 0 radical (unpaired) electrons. The van der Waals surface area contributed by atoms with E-state index in [4.69, 9.17) is 4.42 Å². The first-order valence-corrected chi connectivity index (χ1v) is 12.6. The molecular formula is C23H26N2O4S2. The van der Waals surface area contributed by atoms with Crippen LogP contribution in [-0.4, -0.2) is 36.6 Å². The van der Waals surface area contributed by atoms with Crippen LogP contribution < -0.4 is 0 Å². The van der Waals surface area contributed by atoms with Gasteiger partial charge in [0.05, 0.1) is 18.7 Å². The summed E-state index contributed by atoms with van der Waals surface area (Å²) in [5.41, 5.74) is 1.02. The van der Waals surface area contributed by atoms with Crippen molar-refractivity contribution in [2.24, 2.45) is 5.92 Å². The van der Waals surface area contributed by atoms with Crippen molar-refractivity contribution in [3.8, 4) is 0 Å². The molecule has 2 aromatic heterocycles. The second kappa shape index (κ2) is 9.38. The minimum atomic E-state index is -3.58. The van der Waals surface area contributed by atoms with Crippen molar-refractivity contribution in [3.63, 3.8) is 0 Å². The molecule has 164 valence electrons. The Morgan fingerprint density at radius 3 is 2.61 bits per heavy atom. The highest BCUT2D eigenvalue weighted by atomic mass is 32.2. The Kier molecular flexibility index (Phi) is 6.60. The zero-order chi connectivity index (χ0) is 21.8. The lowest BCUT2D eigenvalue weighted by Crippen LogP contribution is -2.46. The van der Waals surface area contributed by atoms with Crippen LogP contribution in [0, 0.1) is 12.8 Å². The van der Waals surface area contributed by atoms with Crippen molar-refractivity contribution in [3.05, 3.63) is 77.1 Å². The number of nitrogens with zero attached hydrogens (tertiary/aromatic N) is 2. The first-order valence-electron chi connectivity index (χ1n) is 10.3. The predicted molar refractivity (Wildman–Crippen MR) is 120 cm³/mol. The lowest BCUT2D eigenvalue weighted by Gasteiger charge is -2.34. The summed E-state index contributed by atoms with van der Waals surface area (Å²) in [7, 11) is -3.58. The van der Waals surface area contributed by atoms with Crippen LogP contribution in [0.3, 0.4) is 0 Å². The van der Waals surface area contributed by atoms with Crippen molar-refractivity contribution in [1.29, 1.82) is 0 Å². The summed E-state index contributed by atoms with van der Waals surface area (Å²) in [5.74, 6) is 0.296. The molecule has 1 fully saturated rings. The SMILES string of the molecule is Cc1ccc(S(=O)(=O)N2CCC[C@@H](C(=O)N(Cc3ccccc3)Cc3ccco3)C2)s1. The molecule has 1 saturated heterocycles. The van der Waals surface area contributed by atoms with E-state index < -0.39 is 10.0 Å². The molecule has 8 heteroatoms. The van der Waals surface area contributed by atoms with Gasteiger partial charge >= 0.3 is 0 Å². The summed E-state index contributed by atoms with van der Waals surface area (Å²) in [6, 6.07) is 16.9. The third-order valence-corrected chi connectivity index (χ3v) is 8.83. The highest BCUT2D eigenvalue weighted by molar-refractivity contribution is 7.91. The van der Waals surface area contributed by atoms with E-state index in [2.05, 4.69) is 0 Å². The standard InChI is InChI=1S/C23H26N2O4S2/c1-18-11-12-22(30-18)31(27,28)25-13-5-9-20(16-25)23(26)24(17-21-10-6-14-29-21)15-19-7-3-2-4-8-19/h2-4,6-8,10-12,14,20H,5,9,13,15-17H2,1H3/t20-/m1/s1. The Balaban J connectivity index is 1.53. The maximum Gasteiger partial charge on any atom is 0.252 e. The van der Waals surface area contributed by atoms with Crippen LogP contribution in [0.15, 0.2) is 69.5 Å². The predicted octanol–water partition coefficient (Wildman–Crippen LogP) is 4.28. The molecule has 0 aliphatic carbocycles. The van der Waals surface area contributed by atoms with Gasteiger partial charge in [-0.2, -0.15) is 4.31 Å². The number of furan rings is 1. The Hall–Kier alpha value is -2.42. The van der Waals surface area contributed by atoms with Crippen LogP contribution in [0.5, 0.6) is 0 Å². The van der Waals surface area contributed by atoms with Gasteiger partial charge in [-0.15, -0.1) is 11.3 Å². The number of hydrogen-bond acceptors (Lipinski definition) is 5. The van der Waals surface area contributed by atoms with Crippen molar-refractivity contribution in [2.45, 2.75) is 37.1 Å². The molecule has 6 nitrogen and oxygen atoms in total. The molecule has 3 heterocycles. The molecule has 0 N–H and O–H groups in total. The smallest absolute Gasteiger partial charge is 0.252 e. The molecule has 0 bridgehead atoms. The highest BCUT2D eigenvalue weighted by Crippen LogP contribution is 2.29. The van der Waals surface area contributed by atoms with E-state index in [1.54, 1.807) is 23.3 Å². The largest absolute Gasteiger partial charge is 0.467 e. The van der Waals surface area contributed by atoms with Crippen LogP contribution in [0.1, 0.15) is 29.0 Å². The number of piperidine rings is 1. The number of sulfonamides is 1. The van der Waals surface area contributed by atoms with Crippen LogP contribution in [0.4, 0.5) is 0 Å². The quantitative estimate of drug-likeness (QED) is 0.530. The number of rotatable bonds is 7. The molecule has 1 aliphatic heterocycles. The van der Waals surface area contributed by atoms with Crippen molar-refractivity contribution >= 4 is 27.3 Å². The number of amides is 1. The summed E-state index contributed by atoms with van der Waals surface area (Å²) in [6.45, 7) is 3.35. The number of benzene rings is 1. The molecule has 1 atom stereocenters. The molecule has 1 amide bonds. The van der Waals surface area contributed by atoms with Gasteiger partial charge in [-0.1, -0.05) is 30.3 Å². The maximum atomic E-state index is 13.5. The minimum absolute atomic E-state index is 0.0393. The summed E-state index contributed by atoms with van der Waals surface area (Å²) in [6.07, 6.45) is 2.94. The third-order valence-electron chi connectivity index (χ3n) is 5.50. The minimum Gasteiger partial charge on any atom is -0.467 e. The number of carbonyl (C=O) groups excluding carboxylic acids is 1. The fourth-order valence-corrected chi connectivity index (χ4v) is 6.87. The molecule has 0 unspecified atom stereocenters. The Morgan fingerprint density at radius 2 is 1.94 bits per heavy atom. The number of thiophene rings is 1. The van der Waals surface area contributed by atoms with Crippen LogP contribution in [0.25, 0.3) is 0 Å². The normalized spacial score (nSPS) is 17.5. The lowest BCUT2D eigenvalue weighted by molar-refractivity contribution is -0.138. The average molecular weight is 459 g/mol. The summed E-state index contributed by atoms with van der Waals surface area (Å²) in [5, 5.41) is 0. The van der Waals surface area contributed by atoms with Crippen molar-refractivity contribution < 1.29 is 17.6 Å². The van der Waals surface area contributed by atoms with E-state index in [-0.39, 0.29) is 18.4 Å². The molecule has 1 aliphatic rings. The van der Waals surface area contributed by atoms with Gasteiger partial charge < -0.3 is 9.32 Å². The lowest BCUT2D eigenvalue weighted by atomic mass is 9.97. The van der Waals surface area contributed by atoms with Crippen molar-refractivity contribution in [2.75, 3.05) is 13.1 Å². The van der Waals surface area contributed by atoms with E-state index in [0.717, 1.165) is 10.4 Å². The van der Waals surface area contributed by atoms with Gasteiger partial charge in [0.1, 0.15) is 9.97 Å². The second-order valence-electron chi connectivity index (χ2n) is 7.83.